The Labute approximate surface area is 160 Å². The van der Waals surface area contributed by atoms with Gasteiger partial charge in [0.1, 0.15) is 5.56 Å². The Balaban J connectivity index is 2.12. The maximum atomic E-state index is 12.4. The van der Waals surface area contributed by atoms with Crippen LogP contribution in [0.15, 0.2) is 69.2 Å². The third-order valence-corrected chi connectivity index (χ3v) is 4.57. The van der Waals surface area contributed by atoms with Gasteiger partial charge in [-0.2, -0.15) is 0 Å². The van der Waals surface area contributed by atoms with Crippen LogP contribution in [0.3, 0.4) is 0 Å². The summed E-state index contributed by atoms with van der Waals surface area (Å²) in [6, 6.07) is 16.4. The minimum absolute atomic E-state index is 0.0468. The van der Waals surface area contributed by atoms with Gasteiger partial charge in [0.05, 0.1) is 6.04 Å². The van der Waals surface area contributed by atoms with E-state index in [-0.39, 0.29) is 5.56 Å². The fourth-order valence-electron chi connectivity index (χ4n) is 2.77. The molecule has 0 amide bonds. The lowest BCUT2D eigenvalue weighted by atomic mass is 9.99. The Morgan fingerprint density at radius 1 is 0.963 bits per heavy atom. The van der Waals surface area contributed by atoms with E-state index in [1.165, 1.54) is 20.3 Å². The highest BCUT2D eigenvalue weighted by atomic mass is 35.5. The van der Waals surface area contributed by atoms with Crippen molar-refractivity contribution in [2.45, 2.75) is 6.04 Å². The molecule has 1 N–H and O–H groups in total. The van der Waals surface area contributed by atoms with Crippen LogP contribution in [0.25, 0.3) is 0 Å². The molecule has 6 nitrogen and oxygen atoms in total. The number of aromatic nitrogens is 2. The van der Waals surface area contributed by atoms with Gasteiger partial charge in [-0.15, -0.1) is 0 Å². The van der Waals surface area contributed by atoms with E-state index in [2.05, 4.69) is 4.99 Å². The van der Waals surface area contributed by atoms with Crippen LogP contribution in [0.1, 0.15) is 22.7 Å². The molecule has 27 heavy (non-hydrogen) atoms. The molecule has 1 heterocycles. The van der Waals surface area contributed by atoms with Crippen molar-refractivity contribution in [3.63, 3.8) is 0 Å². The Kier molecular flexibility index (Phi) is 5.28. The smallest absolute Gasteiger partial charge is 0.333 e. The number of hydrogen-bond acceptors (Lipinski definition) is 4. The topological polar surface area (TPSA) is 76.6 Å². The van der Waals surface area contributed by atoms with Crippen LogP contribution in [0.2, 0.25) is 5.02 Å². The molecular formula is C20H18ClN3O3. The van der Waals surface area contributed by atoms with Crippen molar-refractivity contribution in [2.75, 3.05) is 0 Å². The zero-order valence-corrected chi connectivity index (χ0v) is 15.6. The average Bonchev–Trinajstić information content (AvgIpc) is 2.69. The van der Waals surface area contributed by atoms with Crippen LogP contribution in [0.5, 0.6) is 5.88 Å². The van der Waals surface area contributed by atoms with Gasteiger partial charge in [-0.25, -0.2) is 4.79 Å². The van der Waals surface area contributed by atoms with Crippen LogP contribution in [-0.4, -0.2) is 20.5 Å². The van der Waals surface area contributed by atoms with E-state index in [1.54, 1.807) is 12.1 Å². The summed E-state index contributed by atoms with van der Waals surface area (Å²) in [6.07, 6.45) is 1.31. The van der Waals surface area contributed by atoms with Gasteiger partial charge in [-0.3, -0.25) is 18.9 Å². The highest BCUT2D eigenvalue weighted by molar-refractivity contribution is 6.30. The van der Waals surface area contributed by atoms with Crippen molar-refractivity contribution in [1.82, 2.24) is 9.13 Å². The first kappa shape index (κ1) is 18.7. The second kappa shape index (κ2) is 7.63. The molecule has 0 aliphatic carbocycles. The lowest BCUT2D eigenvalue weighted by Gasteiger charge is -2.14. The van der Waals surface area contributed by atoms with Crippen molar-refractivity contribution in [2.24, 2.45) is 19.1 Å². The Hall–Kier alpha value is -3.12. The second-order valence-corrected chi connectivity index (χ2v) is 6.52. The molecular weight excluding hydrogens is 366 g/mol. The maximum Gasteiger partial charge on any atom is 0.333 e. The van der Waals surface area contributed by atoms with Gasteiger partial charge in [0, 0.05) is 25.3 Å². The normalized spacial score (nSPS) is 12.4. The summed E-state index contributed by atoms with van der Waals surface area (Å²) in [6.45, 7) is 0. The molecule has 0 aliphatic rings. The van der Waals surface area contributed by atoms with E-state index in [9.17, 15) is 14.7 Å². The summed E-state index contributed by atoms with van der Waals surface area (Å²) < 4.78 is 1.93. The maximum absolute atomic E-state index is 12.4. The van der Waals surface area contributed by atoms with Gasteiger partial charge < -0.3 is 5.11 Å². The summed E-state index contributed by atoms with van der Waals surface area (Å²) in [5.41, 5.74) is 0.531. The number of nitrogens with zero attached hydrogens (tertiary/aromatic N) is 3. The van der Waals surface area contributed by atoms with Crippen LogP contribution in [0.4, 0.5) is 0 Å². The highest BCUT2D eigenvalue weighted by Gasteiger charge is 2.16. The molecule has 0 unspecified atom stereocenters. The first-order valence-electron chi connectivity index (χ1n) is 8.22. The van der Waals surface area contributed by atoms with Gasteiger partial charge in [-0.1, -0.05) is 54.1 Å². The monoisotopic (exact) mass is 383 g/mol. The fourth-order valence-corrected chi connectivity index (χ4v) is 2.89. The molecule has 0 spiro atoms. The number of hydrogen-bond donors (Lipinski definition) is 1. The molecule has 138 valence electrons. The van der Waals surface area contributed by atoms with E-state index in [0.29, 0.717) is 5.02 Å². The summed E-state index contributed by atoms with van der Waals surface area (Å²) >= 11 is 5.98. The molecule has 3 aromatic rings. The van der Waals surface area contributed by atoms with Gasteiger partial charge in [0.25, 0.3) is 5.56 Å². The summed E-state index contributed by atoms with van der Waals surface area (Å²) in [7, 11) is 2.75. The Morgan fingerprint density at radius 3 is 2.19 bits per heavy atom. The quantitative estimate of drug-likeness (QED) is 0.703. The van der Waals surface area contributed by atoms with Gasteiger partial charge >= 0.3 is 5.69 Å². The van der Waals surface area contributed by atoms with Gasteiger partial charge in [0.2, 0.25) is 5.88 Å². The van der Waals surface area contributed by atoms with Crippen molar-refractivity contribution < 1.29 is 5.11 Å². The van der Waals surface area contributed by atoms with E-state index < -0.39 is 23.2 Å². The Morgan fingerprint density at radius 2 is 1.56 bits per heavy atom. The van der Waals surface area contributed by atoms with Gasteiger partial charge in [0.15, 0.2) is 0 Å². The summed E-state index contributed by atoms with van der Waals surface area (Å²) in [4.78, 5) is 28.8. The lowest BCUT2D eigenvalue weighted by molar-refractivity contribution is 0.410. The zero-order valence-electron chi connectivity index (χ0n) is 14.8. The van der Waals surface area contributed by atoms with E-state index in [4.69, 9.17) is 11.6 Å². The van der Waals surface area contributed by atoms with Crippen LogP contribution in [-0.2, 0) is 14.1 Å². The van der Waals surface area contributed by atoms with Crippen molar-refractivity contribution in [3.8, 4) is 5.88 Å². The van der Waals surface area contributed by atoms with Crippen molar-refractivity contribution in [1.29, 1.82) is 0 Å². The molecule has 0 saturated carbocycles. The third-order valence-electron chi connectivity index (χ3n) is 4.32. The second-order valence-electron chi connectivity index (χ2n) is 6.09. The van der Waals surface area contributed by atoms with E-state index in [1.807, 2.05) is 42.5 Å². The molecule has 2 aromatic carbocycles. The predicted molar refractivity (Wildman–Crippen MR) is 106 cm³/mol. The Bertz CT molecular complexity index is 1100. The minimum Gasteiger partial charge on any atom is -0.494 e. The van der Waals surface area contributed by atoms with Gasteiger partial charge in [-0.05, 0) is 23.3 Å². The first-order chi connectivity index (χ1) is 12.9. The van der Waals surface area contributed by atoms with Crippen molar-refractivity contribution in [3.05, 3.63) is 97.1 Å². The largest absolute Gasteiger partial charge is 0.494 e. The van der Waals surface area contributed by atoms with E-state index in [0.717, 1.165) is 20.3 Å². The van der Waals surface area contributed by atoms with Crippen LogP contribution >= 0.6 is 11.6 Å². The number of aliphatic imine (C=N–C) groups is 1. The standard InChI is InChI=1S/C20H18ClN3O3/c1-23-18(25)16(19(26)24(2)20(23)27)12-22-17(13-6-4-3-5-7-13)14-8-10-15(21)11-9-14/h3-12,17,25H,1-2H3/t17-/m0/s1. The zero-order chi connectivity index (χ0) is 19.6. The first-order valence-corrected chi connectivity index (χ1v) is 8.60. The molecule has 1 aromatic heterocycles. The lowest BCUT2D eigenvalue weighted by Crippen LogP contribution is -2.38. The van der Waals surface area contributed by atoms with Crippen molar-refractivity contribution >= 4 is 17.8 Å². The molecule has 1 atom stereocenters. The summed E-state index contributed by atoms with van der Waals surface area (Å²) in [5, 5.41) is 10.8. The molecule has 0 aliphatic heterocycles. The predicted octanol–water partition coefficient (Wildman–Crippen LogP) is 2.65. The SMILES string of the molecule is Cn1c(O)c(C=N[C@@H](c2ccccc2)c2ccc(Cl)cc2)c(=O)n(C)c1=O. The minimum atomic E-state index is -0.609. The average molecular weight is 384 g/mol. The van der Waals surface area contributed by atoms with Crippen LogP contribution in [0, 0.1) is 0 Å². The number of benzene rings is 2. The number of aromatic hydroxyl groups is 1. The van der Waals surface area contributed by atoms with Crippen LogP contribution < -0.4 is 11.2 Å². The third kappa shape index (κ3) is 3.71. The molecule has 0 bridgehead atoms. The fraction of sp³-hybridized carbons (Fsp3) is 0.150. The highest BCUT2D eigenvalue weighted by Crippen LogP contribution is 2.27. The molecule has 0 radical (unpaired) electrons. The summed E-state index contributed by atoms with van der Waals surface area (Å²) in [5.74, 6) is -0.422. The van der Waals surface area contributed by atoms with E-state index >= 15 is 0 Å². The molecule has 0 fully saturated rings. The number of rotatable bonds is 4. The molecule has 7 heteroatoms. The molecule has 0 saturated heterocycles. The molecule has 3 rings (SSSR count). The number of halogens is 1.